The monoisotopic (exact) mass is 411 g/mol. The molecule has 3 aromatic heterocycles. The highest BCUT2D eigenvalue weighted by Gasteiger charge is 2.17. The lowest BCUT2D eigenvalue weighted by Gasteiger charge is -2.06. The van der Waals surface area contributed by atoms with Gasteiger partial charge >= 0.3 is 5.69 Å². The summed E-state index contributed by atoms with van der Waals surface area (Å²) < 4.78 is 5.18. The SMILES string of the molecule is CCCCn1c(=O)[nH]c(=O)c2c1nc(CSc1nncn1-c1ccccc1)n2C. The molecule has 29 heavy (non-hydrogen) atoms. The Balaban J connectivity index is 1.67. The molecular formula is C19H21N7O2S. The highest BCUT2D eigenvalue weighted by atomic mass is 32.2. The maximum Gasteiger partial charge on any atom is 0.330 e. The van der Waals surface area contributed by atoms with Gasteiger partial charge in [0, 0.05) is 19.3 Å². The van der Waals surface area contributed by atoms with Crippen LogP contribution in [0.2, 0.25) is 0 Å². The highest BCUT2D eigenvalue weighted by molar-refractivity contribution is 7.98. The third-order valence-electron chi connectivity index (χ3n) is 4.72. The van der Waals surface area contributed by atoms with E-state index in [-0.39, 0.29) is 0 Å². The van der Waals surface area contributed by atoms with E-state index in [0.717, 1.165) is 23.7 Å². The van der Waals surface area contributed by atoms with Crippen molar-refractivity contribution in [2.45, 2.75) is 37.2 Å². The van der Waals surface area contributed by atoms with Crippen molar-refractivity contribution in [3.8, 4) is 5.69 Å². The minimum atomic E-state index is -0.420. The average molecular weight is 411 g/mol. The third kappa shape index (κ3) is 3.63. The van der Waals surface area contributed by atoms with Crippen molar-refractivity contribution >= 4 is 22.9 Å². The van der Waals surface area contributed by atoms with Crippen LogP contribution in [0.4, 0.5) is 0 Å². The molecule has 4 rings (SSSR count). The number of benzene rings is 1. The first kappa shape index (κ1) is 19.2. The van der Waals surface area contributed by atoms with Gasteiger partial charge in [0.05, 0.1) is 5.75 Å². The number of aromatic nitrogens is 7. The van der Waals surface area contributed by atoms with Gasteiger partial charge in [0.25, 0.3) is 5.56 Å². The fourth-order valence-corrected chi connectivity index (χ4v) is 4.07. The molecule has 0 aliphatic carbocycles. The van der Waals surface area contributed by atoms with E-state index in [0.29, 0.717) is 29.3 Å². The number of aromatic amines is 1. The summed E-state index contributed by atoms with van der Waals surface area (Å²) in [6.07, 6.45) is 3.44. The molecule has 0 amide bonds. The van der Waals surface area contributed by atoms with E-state index in [9.17, 15) is 9.59 Å². The number of nitrogens with one attached hydrogen (secondary N) is 1. The van der Waals surface area contributed by atoms with Gasteiger partial charge < -0.3 is 4.57 Å². The summed E-state index contributed by atoms with van der Waals surface area (Å²) >= 11 is 1.47. The largest absolute Gasteiger partial charge is 0.330 e. The lowest BCUT2D eigenvalue weighted by atomic mass is 10.3. The molecule has 4 aromatic rings. The number of rotatable bonds is 7. The molecule has 0 fully saturated rings. The molecule has 0 aliphatic rings. The van der Waals surface area contributed by atoms with Crippen LogP contribution in [0, 0.1) is 0 Å². The van der Waals surface area contributed by atoms with Gasteiger partial charge in [-0.25, -0.2) is 9.78 Å². The molecule has 0 saturated carbocycles. The van der Waals surface area contributed by atoms with Crippen LogP contribution < -0.4 is 11.2 Å². The van der Waals surface area contributed by atoms with Crippen molar-refractivity contribution in [1.82, 2.24) is 33.9 Å². The first-order valence-electron chi connectivity index (χ1n) is 9.36. The second kappa shape index (κ2) is 8.08. The molecule has 0 saturated heterocycles. The van der Waals surface area contributed by atoms with Crippen molar-refractivity contribution in [1.29, 1.82) is 0 Å². The van der Waals surface area contributed by atoms with Crippen LogP contribution in [0.25, 0.3) is 16.9 Å². The van der Waals surface area contributed by atoms with E-state index >= 15 is 0 Å². The number of unbranched alkanes of at least 4 members (excludes halogenated alkanes) is 1. The van der Waals surface area contributed by atoms with Crippen molar-refractivity contribution < 1.29 is 0 Å². The Bertz CT molecular complexity index is 1250. The summed E-state index contributed by atoms with van der Waals surface area (Å²) in [5.74, 6) is 1.17. The van der Waals surface area contributed by atoms with Gasteiger partial charge in [-0.3, -0.25) is 18.9 Å². The average Bonchev–Trinajstić information content (AvgIpc) is 3.31. The second-order valence-corrected chi connectivity index (χ2v) is 7.57. The van der Waals surface area contributed by atoms with Crippen molar-refractivity contribution in [3.05, 3.63) is 63.3 Å². The van der Waals surface area contributed by atoms with Gasteiger partial charge in [-0.15, -0.1) is 10.2 Å². The van der Waals surface area contributed by atoms with Gasteiger partial charge in [0.2, 0.25) is 0 Å². The maximum absolute atomic E-state index is 12.4. The van der Waals surface area contributed by atoms with Crippen LogP contribution in [-0.4, -0.2) is 33.9 Å². The highest BCUT2D eigenvalue weighted by Crippen LogP contribution is 2.24. The Hall–Kier alpha value is -3.14. The molecule has 0 atom stereocenters. The number of nitrogens with zero attached hydrogens (tertiary/aromatic N) is 6. The van der Waals surface area contributed by atoms with E-state index in [1.165, 1.54) is 11.8 Å². The number of thioether (sulfide) groups is 1. The lowest BCUT2D eigenvalue weighted by Crippen LogP contribution is -2.31. The molecule has 1 N–H and O–H groups in total. The smallest absolute Gasteiger partial charge is 0.325 e. The van der Waals surface area contributed by atoms with Crippen LogP contribution in [0.1, 0.15) is 25.6 Å². The first-order valence-corrected chi connectivity index (χ1v) is 10.4. The quantitative estimate of drug-likeness (QED) is 0.467. The number of hydrogen-bond acceptors (Lipinski definition) is 6. The number of aryl methyl sites for hydroxylation is 2. The number of para-hydroxylation sites is 1. The van der Waals surface area contributed by atoms with Gasteiger partial charge in [-0.1, -0.05) is 43.3 Å². The van der Waals surface area contributed by atoms with Gasteiger partial charge in [0.15, 0.2) is 16.3 Å². The summed E-state index contributed by atoms with van der Waals surface area (Å²) in [6, 6.07) is 9.83. The molecule has 0 unspecified atom stereocenters. The summed E-state index contributed by atoms with van der Waals surface area (Å²) in [5, 5.41) is 8.93. The number of imidazole rings is 1. The Morgan fingerprint density at radius 2 is 1.97 bits per heavy atom. The molecule has 150 valence electrons. The van der Waals surface area contributed by atoms with Gasteiger partial charge in [0.1, 0.15) is 12.2 Å². The standard InChI is InChI=1S/C19H21N7O2S/c1-3-4-10-25-16-15(17(27)22-18(25)28)24(2)14(21-16)11-29-19-23-20-12-26(19)13-8-6-5-7-9-13/h5-9,12H,3-4,10-11H2,1-2H3,(H,22,27,28). The lowest BCUT2D eigenvalue weighted by molar-refractivity contribution is 0.613. The van der Waals surface area contributed by atoms with Crippen LogP contribution >= 0.6 is 11.8 Å². The number of H-pyrrole nitrogens is 1. The van der Waals surface area contributed by atoms with Crippen LogP contribution in [-0.2, 0) is 19.3 Å². The minimum Gasteiger partial charge on any atom is -0.325 e. The van der Waals surface area contributed by atoms with Crippen molar-refractivity contribution in [3.63, 3.8) is 0 Å². The molecule has 0 aliphatic heterocycles. The fourth-order valence-electron chi connectivity index (χ4n) is 3.16. The normalized spacial score (nSPS) is 11.4. The predicted molar refractivity (Wildman–Crippen MR) is 111 cm³/mol. The van der Waals surface area contributed by atoms with Gasteiger partial charge in [-0.05, 0) is 18.6 Å². The molecular weight excluding hydrogens is 390 g/mol. The van der Waals surface area contributed by atoms with Crippen molar-refractivity contribution in [2.24, 2.45) is 7.05 Å². The molecule has 0 radical (unpaired) electrons. The van der Waals surface area contributed by atoms with E-state index in [1.54, 1.807) is 22.5 Å². The minimum absolute atomic E-state index is 0.404. The molecule has 1 aromatic carbocycles. The Morgan fingerprint density at radius 3 is 2.72 bits per heavy atom. The van der Waals surface area contributed by atoms with E-state index < -0.39 is 11.2 Å². The predicted octanol–water partition coefficient (Wildman–Crippen LogP) is 2.10. The molecule has 0 bridgehead atoms. The summed E-state index contributed by atoms with van der Waals surface area (Å²) in [4.78, 5) is 31.6. The zero-order valence-corrected chi connectivity index (χ0v) is 17.0. The summed E-state index contributed by atoms with van der Waals surface area (Å²) in [5.41, 5.74) is 0.957. The van der Waals surface area contributed by atoms with E-state index in [2.05, 4.69) is 27.1 Å². The van der Waals surface area contributed by atoms with Crippen LogP contribution in [0.3, 0.4) is 0 Å². The Morgan fingerprint density at radius 1 is 1.17 bits per heavy atom. The maximum atomic E-state index is 12.4. The summed E-state index contributed by atoms with van der Waals surface area (Å²) in [6.45, 7) is 2.58. The second-order valence-electron chi connectivity index (χ2n) is 6.63. The Kier molecular flexibility index (Phi) is 5.34. The first-order chi connectivity index (χ1) is 14.1. The van der Waals surface area contributed by atoms with Crippen LogP contribution in [0.15, 0.2) is 51.4 Å². The van der Waals surface area contributed by atoms with Crippen molar-refractivity contribution in [2.75, 3.05) is 0 Å². The molecule has 3 heterocycles. The molecule has 9 nitrogen and oxygen atoms in total. The van der Waals surface area contributed by atoms with Crippen LogP contribution in [0.5, 0.6) is 0 Å². The number of hydrogen-bond donors (Lipinski definition) is 1. The topological polar surface area (TPSA) is 103 Å². The Labute approximate surface area is 170 Å². The van der Waals surface area contributed by atoms with Gasteiger partial charge in [-0.2, -0.15) is 0 Å². The summed E-state index contributed by atoms with van der Waals surface area (Å²) in [7, 11) is 1.79. The van der Waals surface area contributed by atoms with E-state index in [4.69, 9.17) is 0 Å². The fraction of sp³-hybridized carbons (Fsp3) is 0.316. The third-order valence-corrected chi connectivity index (χ3v) is 5.66. The number of fused-ring (bicyclic) bond motifs is 1. The molecule has 0 spiro atoms. The zero-order chi connectivity index (χ0) is 20.4. The van der Waals surface area contributed by atoms with E-state index in [1.807, 2.05) is 34.9 Å². The zero-order valence-electron chi connectivity index (χ0n) is 16.2. The molecule has 10 heteroatoms.